The Labute approximate surface area is 165 Å². The lowest BCUT2D eigenvalue weighted by atomic mass is 9.83. The molecule has 2 aliphatic rings. The second-order valence-electron chi connectivity index (χ2n) is 7.51. The van der Waals surface area contributed by atoms with Crippen LogP contribution in [-0.4, -0.2) is 28.3 Å². The largest absolute Gasteiger partial charge is 0.487 e. The smallest absolute Gasteiger partial charge is 0.274 e. The van der Waals surface area contributed by atoms with Gasteiger partial charge >= 0.3 is 0 Å². The van der Waals surface area contributed by atoms with Gasteiger partial charge in [-0.15, -0.1) is 0 Å². The summed E-state index contributed by atoms with van der Waals surface area (Å²) in [5, 5.41) is 0. The van der Waals surface area contributed by atoms with E-state index in [1.54, 1.807) is 0 Å². The molecule has 0 aliphatic carbocycles. The van der Waals surface area contributed by atoms with Gasteiger partial charge in [-0.25, -0.2) is 0 Å². The van der Waals surface area contributed by atoms with E-state index in [-0.39, 0.29) is 12.0 Å². The number of benzene rings is 2. The van der Waals surface area contributed by atoms with E-state index in [4.69, 9.17) is 4.74 Å². The SMILES string of the molecule is CC(C)OC1=CC=CN2C1=NC(=O)C2(Cc1ccccc1)Cc1ccccc1. The molecular weight excluding hydrogens is 348 g/mol. The number of nitrogens with zero attached hydrogens (tertiary/aromatic N) is 2. The number of ether oxygens (including phenoxy) is 1. The molecule has 2 aromatic carbocycles. The average molecular weight is 372 g/mol. The molecule has 142 valence electrons. The average Bonchev–Trinajstić information content (AvgIpc) is 2.96. The fraction of sp³-hybridized carbons (Fsp3) is 0.250. The zero-order chi connectivity index (χ0) is 19.6. The monoisotopic (exact) mass is 372 g/mol. The Balaban J connectivity index is 1.75. The third-order valence-electron chi connectivity index (χ3n) is 5.04. The van der Waals surface area contributed by atoms with E-state index >= 15 is 0 Å². The highest BCUT2D eigenvalue weighted by atomic mass is 16.5. The molecule has 1 amide bonds. The van der Waals surface area contributed by atoms with Crippen molar-refractivity contribution in [3.05, 3.63) is 95.9 Å². The summed E-state index contributed by atoms with van der Waals surface area (Å²) >= 11 is 0. The van der Waals surface area contributed by atoms with Crippen molar-refractivity contribution in [1.29, 1.82) is 0 Å². The molecule has 0 aromatic heterocycles. The van der Waals surface area contributed by atoms with Gasteiger partial charge in [0.25, 0.3) is 5.91 Å². The van der Waals surface area contributed by atoms with Crippen molar-refractivity contribution in [3.8, 4) is 0 Å². The molecule has 4 rings (SSSR count). The molecule has 4 heteroatoms. The van der Waals surface area contributed by atoms with Crippen LogP contribution in [0.15, 0.2) is 89.8 Å². The Bertz CT molecular complexity index is 902. The van der Waals surface area contributed by atoms with Crippen molar-refractivity contribution < 1.29 is 9.53 Å². The fourth-order valence-corrected chi connectivity index (χ4v) is 3.84. The first-order valence-corrected chi connectivity index (χ1v) is 9.64. The van der Waals surface area contributed by atoms with Crippen LogP contribution < -0.4 is 0 Å². The molecule has 0 spiro atoms. The Morgan fingerprint density at radius 1 is 0.964 bits per heavy atom. The first kappa shape index (κ1) is 18.2. The predicted molar refractivity (Wildman–Crippen MR) is 111 cm³/mol. The van der Waals surface area contributed by atoms with Crippen LogP contribution in [0.25, 0.3) is 0 Å². The number of carbonyl (C=O) groups excluding carboxylic acids is 1. The third kappa shape index (κ3) is 3.38. The van der Waals surface area contributed by atoms with Gasteiger partial charge in [-0.2, -0.15) is 4.99 Å². The molecular formula is C24H24N2O2. The Hall–Kier alpha value is -3.14. The molecule has 2 aromatic rings. The van der Waals surface area contributed by atoms with Crippen molar-refractivity contribution in [1.82, 2.24) is 4.90 Å². The van der Waals surface area contributed by atoms with E-state index in [2.05, 4.69) is 29.3 Å². The number of aliphatic imine (C=N–C) groups is 1. The van der Waals surface area contributed by atoms with E-state index in [0.29, 0.717) is 24.4 Å². The minimum absolute atomic E-state index is 0.00986. The van der Waals surface area contributed by atoms with Crippen LogP contribution in [0.2, 0.25) is 0 Å². The Kier molecular flexibility index (Phi) is 4.86. The topological polar surface area (TPSA) is 41.9 Å². The van der Waals surface area contributed by atoms with Crippen LogP contribution in [0.4, 0.5) is 0 Å². The van der Waals surface area contributed by atoms with E-state index in [1.165, 1.54) is 0 Å². The summed E-state index contributed by atoms with van der Waals surface area (Å²) in [5.41, 5.74) is 1.42. The first-order valence-electron chi connectivity index (χ1n) is 9.64. The van der Waals surface area contributed by atoms with Crippen LogP contribution >= 0.6 is 0 Å². The van der Waals surface area contributed by atoms with Crippen molar-refractivity contribution in [2.75, 3.05) is 0 Å². The number of fused-ring (bicyclic) bond motifs is 1. The Morgan fingerprint density at radius 2 is 1.54 bits per heavy atom. The zero-order valence-electron chi connectivity index (χ0n) is 16.2. The van der Waals surface area contributed by atoms with E-state index in [9.17, 15) is 4.79 Å². The zero-order valence-corrected chi connectivity index (χ0v) is 16.2. The molecule has 28 heavy (non-hydrogen) atoms. The van der Waals surface area contributed by atoms with Gasteiger partial charge in [0.2, 0.25) is 0 Å². The normalized spacial score (nSPS) is 17.4. The van der Waals surface area contributed by atoms with Crippen molar-refractivity contribution in [3.63, 3.8) is 0 Å². The predicted octanol–water partition coefficient (Wildman–Crippen LogP) is 4.29. The molecule has 2 aliphatic heterocycles. The second kappa shape index (κ2) is 7.47. The van der Waals surface area contributed by atoms with Crippen molar-refractivity contribution in [2.24, 2.45) is 4.99 Å². The van der Waals surface area contributed by atoms with Gasteiger partial charge in [0.05, 0.1) is 6.10 Å². The number of amides is 1. The molecule has 0 bridgehead atoms. The maximum Gasteiger partial charge on any atom is 0.274 e. The molecule has 0 radical (unpaired) electrons. The number of hydrogen-bond donors (Lipinski definition) is 0. The maximum absolute atomic E-state index is 13.4. The standard InChI is InChI=1S/C24H24N2O2/c1-18(2)28-21-14-9-15-26-22(21)25-23(27)24(26,16-19-10-5-3-6-11-19)17-20-12-7-4-8-13-20/h3-15,18H,16-17H2,1-2H3. The van der Waals surface area contributed by atoms with Crippen LogP contribution in [0.1, 0.15) is 25.0 Å². The number of carbonyl (C=O) groups is 1. The van der Waals surface area contributed by atoms with Gasteiger partial charge in [-0.1, -0.05) is 60.7 Å². The number of allylic oxidation sites excluding steroid dienone is 2. The fourth-order valence-electron chi connectivity index (χ4n) is 3.84. The molecule has 0 unspecified atom stereocenters. The number of hydrogen-bond acceptors (Lipinski definition) is 3. The van der Waals surface area contributed by atoms with Gasteiger partial charge < -0.3 is 9.64 Å². The van der Waals surface area contributed by atoms with E-state index in [0.717, 1.165) is 11.1 Å². The molecule has 2 heterocycles. The summed E-state index contributed by atoms with van der Waals surface area (Å²) in [7, 11) is 0. The summed E-state index contributed by atoms with van der Waals surface area (Å²) in [4.78, 5) is 19.8. The minimum atomic E-state index is -0.797. The summed E-state index contributed by atoms with van der Waals surface area (Å²) in [6.07, 6.45) is 6.92. The van der Waals surface area contributed by atoms with Crippen LogP contribution in [-0.2, 0) is 22.4 Å². The van der Waals surface area contributed by atoms with Gasteiger partial charge in [-0.05, 0) is 37.1 Å². The number of rotatable bonds is 6. The minimum Gasteiger partial charge on any atom is -0.487 e. The lowest BCUT2D eigenvalue weighted by Crippen LogP contribution is -2.53. The summed E-state index contributed by atoms with van der Waals surface area (Å²) in [6.45, 7) is 3.95. The highest BCUT2D eigenvalue weighted by molar-refractivity contribution is 6.14. The molecule has 0 N–H and O–H groups in total. The van der Waals surface area contributed by atoms with E-state index < -0.39 is 5.54 Å². The third-order valence-corrected chi connectivity index (χ3v) is 5.04. The molecule has 0 saturated heterocycles. The summed E-state index contributed by atoms with van der Waals surface area (Å²) in [5.74, 6) is 1.13. The van der Waals surface area contributed by atoms with Gasteiger partial charge in [0.15, 0.2) is 11.6 Å². The number of amidine groups is 1. The van der Waals surface area contributed by atoms with Gasteiger partial charge in [0.1, 0.15) is 5.54 Å². The molecule has 0 fully saturated rings. The highest BCUT2D eigenvalue weighted by Crippen LogP contribution is 2.36. The maximum atomic E-state index is 13.4. The highest BCUT2D eigenvalue weighted by Gasteiger charge is 2.51. The summed E-state index contributed by atoms with van der Waals surface area (Å²) < 4.78 is 5.93. The van der Waals surface area contributed by atoms with Crippen LogP contribution in [0, 0.1) is 0 Å². The van der Waals surface area contributed by atoms with Crippen LogP contribution in [0.3, 0.4) is 0 Å². The quantitative estimate of drug-likeness (QED) is 0.760. The Morgan fingerprint density at radius 3 is 2.07 bits per heavy atom. The lowest BCUT2D eigenvalue weighted by Gasteiger charge is -2.38. The molecule has 0 atom stereocenters. The van der Waals surface area contributed by atoms with Crippen molar-refractivity contribution in [2.45, 2.75) is 38.3 Å². The van der Waals surface area contributed by atoms with Gasteiger partial charge in [0, 0.05) is 19.0 Å². The van der Waals surface area contributed by atoms with E-state index in [1.807, 2.05) is 73.5 Å². The summed E-state index contributed by atoms with van der Waals surface area (Å²) in [6, 6.07) is 20.3. The first-order chi connectivity index (χ1) is 13.6. The molecule has 0 saturated carbocycles. The van der Waals surface area contributed by atoms with Crippen molar-refractivity contribution >= 4 is 11.7 Å². The lowest BCUT2D eigenvalue weighted by molar-refractivity contribution is -0.124. The second-order valence-corrected chi connectivity index (χ2v) is 7.51. The molecule has 4 nitrogen and oxygen atoms in total. The van der Waals surface area contributed by atoms with Gasteiger partial charge in [-0.3, -0.25) is 4.79 Å². The van der Waals surface area contributed by atoms with Crippen LogP contribution in [0.5, 0.6) is 0 Å².